The van der Waals surface area contributed by atoms with Crippen molar-refractivity contribution in [3.63, 3.8) is 0 Å². The number of rotatable bonds is 4. The standard InChI is InChI=1S/C15H14BrNO2/c1-2-19-14-8-6-11(7-9-14)15(18)17-13-5-3-4-12(16)10-13/h3-10H,2H2,1H3,(H,17,18). The first kappa shape index (κ1) is 13.6. The minimum absolute atomic E-state index is 0.138. The highest BCUT2D eigenvalue weighted by Gasteiger charge is 2.06. The monoisotopic (exact) mass is 319 g/mol. The fourth-order valence-corrected chi connectivity index (χ4v) is 2.04. The molecule has 0 unspecified atom stereocenters. The van der Waals surface area contributed by atoms with Crippen LogP contribution < -0.4 is 10.1 Å². The summed E-state index contributed by atoms with van der Waals surface area (Å²) in [5.74, 6) is 0.627. The number of anilines is 1. The molecule has 0 fully saturated rings. The van der Waals surface area contributed by atoms with Gasteiger partial charge in [0.1, 0.15) is 5.75 Å². The van der Waals surface area contributed by atoms with Crippen LogP contribution in [0.3, 0.4) is 0 Å². The number of benzene rings is 2. The van der Waals surface area contributed by atoms with Crippen LogP contribution in [-0.4, -0.2) is 12.5 Å². The van der Waals surface area contributed by atoms with Gasteiger partial charge >= 0.3 is 0 Å². The Balaban J connectivity index is 2.07. The SMILES string of the molecule is CCOc1ccc(C(=O)Nc2cccc(Br)c2)cc1. The summed E-state index contributed by atoms with van der Waals surface area (Å²) in [4.78, 5) is 12.0. The van der Waals surface area contributed by atoms with Crippen LogP contribution in [0, 0.1) is 0 Å². The second kappa shape index (κ2) is 6.38. The average Bonchev–Trinajstić information content (AvgIpc) is 2.40. The Hall–Kier alpha value is -1.81. The second-order valence-corrected chi connectivity index (χ2v) is 4.84. The van der Waals surface area contributed by atoms with Crippen molar-refractivity contribution in [1.82, 2.24) is 0 Å². The third-order valence-corrected chi connectivity index (χ3v) is 3.00. The quantitative estimate of drug-likeness (QED) is 0.921. The van der Waals surface area contributed by atoms with Gasteiger partial charge < -0.3 is 10.1 Å². The van der Waals surface area contributed by atoms with Gasteiger partial charge in [-0.05, 0) is 49.4 Å². The molecule has 0 aliphatic heterocycles. The summed E-state index contributed by atoms with van der Waals surface area (Å²) in [5.41, 5.74) is 1.36. The van der Waals surface area contributed by atoms with Crippen LogP contribution >= 0.6 is 15.9 Å². The zero-order chi connectivity index (χ0) is 13.7. The molecule has 2 aromatic rings. The molecule has 1 N–H and O–H groups in total. The largest absolute Gasteiger partial charge is 0.494 e. The smallest absolute Gasteiger partial charge is 0.255 e. The van der Waals surface area contributed by atoms with Gasteiger partial charge in [0.05, 0.1) is 6.61 Å². The van der Waals surface area contributed by atoms with E-state index in [-0.39, 0.29) is 5.91 Å². The van der Waals surface area contributed by atoms with Crippen LogP contribution in [0.25, 0.3) is 0 Å². The van der Waals surface area contributed by atoms with Gasteiger partial charge in [-0.2, -0.15) is 0 Å². The van der Waals surface area contributed by atoms with Crippen LogP contribution in [0.15, 0.2) is 53.0 Å². The van der Waals surface area contributed by atoms with E-state index in [0.29, 0.717) is 12.2 Å². The van der Waals surface area contributed by atoms with Crippen molar-refractivity contribution < 1.29 is 9.53 Å². The molecular formula is C15H14BrNO2. The van der Waals surface area contributed by atoms with Gasteiger partial charge in [0.15, 0.2) is 0 Å². The zero-order valence-electron chi connectivity index (χ0n) is 10.5. The summed E-state index contributed by atoms with van der Waals surface area (Å²) in [6, 6.07) is 14.6. The predicted molar refractivity (Wildman–Crippen MR) is 79.7 cm³/mol. The maximum absolute atomic E-state index is 12.0. The van der Waals surface area contributed by atoms with Gasteiger partial charge in [0, 0.05) is 15.7 Å². The molecule has 0 bridgehead atoms. The van der Waals surface area contributed by atoms with Crippen molar-refractivity contribution in [2.45, 2.75) is 6.92 Å². The fourth-order valence-electron chi connectivity index (χ4n) is 1.64. The third kappa shape index (κ3) is 3.83. The van der Waals surface area contributed by atoms with Gasteiger partial charge in [-0.25, -0.2) is 0 Å². The Kier molecular flexibility index (Phi) is 4.58. The maximum Gasteiger partial charge on any atom is 0.255 e. The summed E-state index contributed by atoms with van der Waals surface area (Å²) >= 11 is 3.37. The van der Waals surface area contributed by atoms with E-state index >= 15 is 0 Å². The summed E-state index contributed by atoms with van der Waals surface area (Å²) in [6.07, 6.45) is 0. The molecule has 0 aliphatic rings. The van der Waals surface area contributed by atoms with Gasteiger partial charge in [-0.15, -0.1) is 0 Å². The van der Waals surface area contributed by atoms with E-state index in [1.54, 1.807) is 24.3 Å². The lowest BCUT2D eigenvalue weighted by molar-refractivity contribution is 0.102. The molecule has 0 radical (unpaired) electrons. The molecule has 2 aromatic carbocycles. The van der Waals surface area contributed by atoms with Crippen molar-refractivity contribution in [3.8, 4) is 5.75 Å². The van der Waals surface area contributed by atoms with Crippen LogP contribution in [0.1, 0.15) is 17.3 Å². The van der Waals surface area contributed by atoms with E-state index < -0.39 is 0 Å². The molecule has 0 aliphatic carbocycles. The number of carbonyl (C=O) groups is 1. The van der Waals surface area contributed by atoms with E-state index in [2.05, 4.69) is 21.2 Å². The zero-order valence-corrected chi connectivity index (χ0v) is 12.1. The number of amides is 1. The highest BCUT2D eigenvalue weighted by molar-refractivity contribution is 9.10. The molecule has 3 nitrogen and oxygen atoms in total. The van der Waals surface area contributed by atoms with Crippen molar-refractivity contribution in [2.75, 3.05) is 11.9 Å². The van der Waals surface area contributed by atoms with E-state index in [1.165, 1.54) is 0 Å². The minimum atomic E-state index is -0.138. The Bertz CT molecular complexity index is 567. The number of hydrogen-bond donors (Lipinski definition) is 1. The van der Waals surface area contributed by atoms with E-state index in [0.717, 1.165) is 15.9 Å². The molecule has 0 saturated carbocycles. The van der Waals surface area contributed by atoms with Crippen molar-refractivity contribution in [3.05, 3.63) is 58.6 Å². The minimum Gasteiger partial charge on any atom is -0.494 e. The summed E-state index contributed by atoms with van der Waals surface area (Å²) < 4.78 is 6.26. The first-order valence-corrected chi connectivity index (χ1v) is 6.78. The first-order valence-electron chi connectivity index (χ1n) is 5.99. The molecule has 98 valence electrons. The van der Waals surface area contributed by atoms with Crippen molar-refractivity contribution >= 4 is 27.5 Å². The lowest BCUT2D eigenvalue weighted by Gasteiger charge is -2.07. The van der Waals surface area contributed by atoms with E-state index in [4.69, 9.17) is 4.74 Å². The molecule has 2 rings (SSSR count). The Morgan fingerprint density at radius 1 is 1.21 bits per heavy atom. The molecule has 19 heavy (non-hydrogen) atoms. The van der Waals surface area contributed by atoms with Crippen LogP contribution in [0.4, 0.5) is 5.69 Å². The highest BCUT2D eigenvalue weighted by atomic mass is 79.9. The average molecular weight is 320 g/mol. The number of nitrogens with one attached hydrogen (secondary N) is 1. The Morgan fingerprint density at radius 2 is 1.95 bits per heavy atom. The maximum atomic E-state index is 12.0. The molecule has 0 heterocycles. The normalized spacial score (nSPS) is 10.0. The lowest BCUT2D eigenvalue weighted by atomic mass is 10.2. The molecule has 4 heteroatoms. The fraction of sp³-hybridized carbons (Fsp3) is 0.133. The molecule has 0 spiro atoms. The molecule has 1 amide bonds. The molecule has 0 atom stereocenters. The van der Waals surface area contributed by atoms with E-state index in [1.807, 2.05) is 31.2 Å². The third-order valence-electron chi connectivity index (χ3n) is 2.51. The topological polar surface area (TPSA) is 38.3 Å². The van der Waals surface area contributed by atoms with E-state index in [9.17, 15) is 4.79 Å². The number of carbonyl (C=O) groups excluding carboxylic acids is 1. The summed E-state index contributed by atoms with van der Waals surface area (Å²) in [5, 5.41) is 2.84. The molecule has 0 saturated heterocycles. The molecule has 0 aromatic heterocycles. The first-order chi connectivity index (χ1) is 9.19. The van der Waals surface area contributed by atoms with Gasteiger partial charge in [-0.1, -0.05) is 22.0 Å². The number of ether oxygens (including phenoxy) is 1. The van der Waals surface area contributed by atoms with Gasteiger partial charge in [0.2, 0.25) is 0 Å². The number of halogens is 1. The summed E-state index contributed by atoms with van der Waals surface area (Å²) in [7, 11) is 0. The van der Waals surface area contributed by atoms with Crippen LogP contribution in [-0.2, 0) is 0 Å². The second-order valence-electron chi connectivity index (χ2n) is 3.92. The summed E-state index contributed by atoms with van der Waals surface area (Å²) in [6.45, 7) is 2.54. The number of hydrogen-bond acceptors (Lipinski definition) is 2. The Labute approximate surface area is 120 Å². The van der Waals surface area contributed by atoms with Gasteiger partial charge in [0.25, 0.3) is 5.91 Å². The Morgan fingerprint density at radius 3 is 2.58 bits per heavy atom. The van der Waals surface area contributed by atoms with Crippen molar-refractivity contribution in [1.29, 1.82) is 0 Å². The highest BCUT2D eigenvalue weighted by Crippen LogP contribution is 2.17. The van der Waals surface area contributed by atoms with Crippen molar-refractivity contribution in [2.24, 2.45) is 0 Å². The van der Waals surface area contributed by atoms with Crippen LogP contribution in [0.5, 0.6) is 5.75 Å². The van der Waals surface area contributed by atoms with Gasteiger partial charge in [-0.3, -0.25) is 4.79 Å². The predicted octanol–water partition coefficient (Wildman–Crippen LogP) is 4.10. The van der Waals surface area contributed by atoms with Crippen LogP contribution in [0.2, 0.25) is 0 Å². The lowest BCUT2D eigenvalue weighted by Crippen LogP contribution is -2.11. The molecular weight excluding hydrogens is 306 g/mol.